The molecule has 2 N–H and O–H groups in total. The van der Waals surface area contributed by atoms with Crippen molar-refractivity contribution in [2.45, 2.75) is 58.2 Å². The minimum Gasteiger partial charge on any atom is -0.478 e. The van der Waals surface area contributed by atoms with Crippen molar-refractivity contribution in [3.8, 4) is 5.75 Å². The van der Waals surface area contributed by atoms with Crippen LogP contribution in [0.2, 0.25) is 10.0 Å². The summed E-state index contributed by atoms with van der Waals surface area (Å²) in [4.78, 5) is 17.2. The number of cyclic esters (lactones) is 1. The molecule has 2 aromatic rings. The van der Waals surface area contributed by atoms with Gasteiger partial charge in [-0.3, -0.25) is 4.98 Å². The van der Waals surface area contributed by atoms with Gasteiger partial charge in [0.1, 0.15) is 12.1 Å². The minimum atomic E-state index is -0.632. The number of ether oxygens (including phenoxy) is 2. The molecule has 0 spiro atoms. The van der Waals surface area contributed by atoms with Gasteiger partial charge >= 0.3 is 5.97 Å². The van der Waals surface area contributed by atoms with Crippen molar-refractivity contribution in [1.82, 2.24) is 4.98 Å². The first-order valence-corrected chi connectivity index (χ1v) is 13.6. The highest BCUT2D eigenvalue weighted by Crippen LogP contribution is 2.61. The van der Waals surface area contributed by atoms with Crippen LogP contribution >= 0.6 is 23.2 Å². The smallest absolute Gasteiger partial charge is 0.337 e. The summed E-state index contributed by atoms with van der Waals surface area (Å²) >= 11 is 12.8. The Morgan fingerprint density at radius 2 is 2.08 bits per heavy atom. The molecule has 6 nitrogen and oxygen atoms in total. The minimum absolute atomic E-state index is 0.0548. The molecule has 198 valence electrons. The molecule has 2 saturated carbocycles. The summed E-state index contributed by atoms with van der Waals surface area (Å²) in [6.45, 7) is 8.66. The van der Waals surface area contributed by atoms with Gasteiger partial charge in [-0.1, -0.05) is 55.3 Å². The summed E-state index contributed by atoms with van der Waals surface area (Å²) in [5.41, 5.74) is 1.41. The fraction of sp³-hybridized carbons (Fsp3) is 0.517. The predicted octanol–water partition coefficient (Wildman–Crippen LogP) is 5.90. The maximum atomic E-state index is 12.8. The van der Waals surface area contributed by atoms with Crippen LogP contribution < -0.4 is 4.74 Å². The fourth-order valence-corrected chi connectivity index (χ4v) is 7.61. The zero-order valence-electron chi connectivity index (χ0n) is 21.2. The molecule has 0 amide bonds. The van der Waals surface area contributed by atoms with Gasteiger partial charge in [0.15, 0.2) is 11.9 Å². The van der Waals surface area contributed by atoms with Crippen LogP contribution in [0, 0.1) is 22.7 Å². The van der Waals surface area contributed by atoms with E-state index in [-0.39, 0.29) is 30.5 Å². The molecular weight excluding hydrogens is 513 g/mol. The van der Waals surface area contributed by atoms with E-state index in [0.717, 1.165) is 24.8 Å². The van der Waals surface area contributed by atoms with Crippen molar-refractivity contribution >= 4 is 40.1 Å². The third kappa shape index (κ3) is 4.36. The largest absolute Gasteiger partial charge is 0.478 e. The van der Waals surface area contributed by atoms with Gasteiger partial charge in [0.05, 0.1) is 28.3 Å². The molecule has 1 aromatic heterocycles. The number of benzene rings is 1. The monoisotopic (exact) mass is 545 g/mol. The van der Waals surface area contributed by atoms with Crippen LogP contribution in [0.15, 0.2) is 48.2 Å². The number of aliphatic hydroxyl groups is 2. The number of pyridine rings is 1. The number of aliphatic hydroxyl groups excluding tert-OH is 2. The van der Waals surface area contributed by atoms with E-state index in [2.05, 4.69) is 18.5 Å². The van der Waals surface area contributed by atoms with E-state index in [1.54, 1.807) is 18.3 Å². The van der Waals surface area contributed by atoms with Gasteiger partial charge in [0.25, 0.3) is 0 Å². The maximum Gasteiger partial charge on any atom is 0.337 e. The highest BCUT2D eigenvalue weighted by atomic mass is 35.5. The molecule has 37 heavy (non-hydrogen) atoms. The third-order valence-corrected chi connectivity index (χ3v) is 9.82. The quantitative estimate of drug-likeness (QED) is 0.276. The Morgan fingerprint density at radius 3 is 2.84 bits per heavy atom. The number of nitrogens with zero attached hydrogens (tertiary/aromatic N) is 1. The number of hydrogen-bond donors (Lipinski definition) is 2. The van der Waals surface area contributed by atoms with E-state index in [4.69, 9.17) is 32.7 Å². The average molecular weight is 546 g/mol. The number of allylic oxidation sites excluding steroid dienone is 2. The van der Waals surface area contributed by atoms with Crippen LogP contribution in [-0.2, 0) is 9.53 Å². The van der Waals surface area contributed by atoms with Gasteiger partial charge in [0.2, 0.25) is 0 Å². The van der Waals surface area contributed by atoms with Gasteiger partial charge in [-0.2, -0.15) is 0 Å². The number of carbonyl (C=O) groups is 1. The van der Waals surface area contributed by atoms with Crippen LogP contribution in [0.5, 0.6) is 5.75 Å². The second-order valence-corrected chi connectivity index (χ2v) is 12.0. The van der Waals surface area contributed by atoms with E-state index in [1.165, 1.54) is 0 Å². The number of fused-ring (bicyclic) bond motifs is 2. The summed E-state index contributed by atoms with van der Waals surface area (Å²) in [5, 5.41) is 22.5. The molecule has 1 saturated heterocycles. The summed E-state index contributed by atoms with van der Waals surface area (Å²) in [5.74, 6) is 0.211. The fourth-order valence-electron chi connectivity index (χ4n) is 7.05. The van der Waals surface area contributed by atoms with Crippen molar-refractivity contribution in [2.24, 2.45) is 22.7 Å². The van der Waals surface area contributed by atoms with Gasteiger partial charge in [-0.05, 0) is 67.6 Å². The lowest BCUT2D eigenvalue weighted by atomic mass is 9.46. The Bertz CT molecular complexity index is 1280. The molecule has 0 unspecified atom stereocenters. The average Bonchev–Trinajstić information content (AvgIpc) is 3.22. The summed E-state index contributed by atoms with van der Waals surface area (Å²) in [6.07, 6.45) is 6.19. The van der Waals surface area contributed by atoms with Crippen LogP contribution in [0.3, 0.4) is 0 Å². The lowest BCUT2D eigenvalue weighted by Crippen LogP contribution is -2.57. The van der Waals surface area contributed by atoms with E-state index in [1.807, 2.05) is 19.1 Å². The molecule has 1 aliphatic heterocycles. The second-order valence-electron chi connectivity index (χ2n) is 11.2. The van der Waals surface area contributed by atoms with E-state index >= 15 is 0 Å². The highest BCUT2D eigenvalue weighted by Gasteiger charge is 2.57. The van der Waals surface area contributed by atoms with E-state index in [0.29, 0.717) is 45.1 Å². The van der Waals surface area contributed by atoms with Gasteiger partial charge in [-0.25, -0.2) is 4.79 Å². The SMILES string of the molecule is C=C1CC[C@@H]2[C@](C)(CO)[C@H](O)CC[C@@]2(C)[C@@H]1C/C=C1/C(=O)OC[C@@H]1Oc1c(Cl)cc(Cl)c2cccnc12. The Balaban J connectivity index is 1.44. The van der Waals surface area contributed by atoms with Crippen molar-refractivity contribution in [2.75, 3.05) is 13.2 Å². The molecule has 3 aliphatic rings. The second kappa shape index (κ2) is 9.88. The molecular formula is C29H33Cl2NO5. The van der Waals surface area contributed by atoms with Gasteiger partial charge in [-0.15, -0.1) is 0 Å². The zero-order chi connectivity index (χ0) is 26.5. The Hall–Kier alpha value is -2.12. The molecule has 5 rings (SSSR count). The molecule has 2 aliphatic carbocycles. The molecule has 8 heteroatoms. The number of rotatable bonds is 5. The first-order valence-electron chi connectivity index (χ1n) is 12.8. The first-order chi connectivity index (χ1) is 17.6. The standard InChI is InChI=1S/C29H33Cl2NO5/c1-16-6-9-23-28(2,11-10-24(34)29(23,3)15-33)19(16)8-7-18-22(14-36-27(18)35)37-26-21(31)13-20(30)17-5-4-12-32-25(17)26/h4-5,7,12-13,19,22-24,33-34H,1,6,8-11,14-15H2,2-3H3/b18-7+/t19-,22+,23+,24-,28+,29+/m1/s1. The third-order valence-electron chi connectivity index (χ3n) is 9.23. The molecule has 2 heterocycles. The lowest BCUT2D eigenvalue weighted by Gasteiger charge is -2.59. The zero-order valence-corrected chi connectivity index (χ0v) is 22.7. The van der Waals surface area contributed by atoms with Crippen LogP contribution in [0.1, 0.15) is 46.0 Å². The van der Waals surface area contributed by atoms with Gasteiger partial charge < -0.3 is 19.7 Å². The summed E-state index contributed by atoms with van der Waals surface area (Å²) in [7, 11) is 0. The normalized spacial score (nSPS) is 35.0. The number of hydrogen-bond acceptors (Lipinski definition) is 6. The number of carbonyl (C=O) groups excluding carboxylic acids is 1. The highest BCUT2D eigenvalue weighted by molar-refractivity contribution is 6.39. The lowest BCUT2D eigenvalue weighted by molar-refractivity contribution is -0.151. The Kier molecular flexibility index (Phi) is 7.07. The predicted molar refractivity (Wildman–Crippen MR) is 144 cm³/mol. The molecule has 0 radical (unpaired) electrons. The summed E-state index contributed by atoms with van der Waals surface area (Å²) in [6, 6.07) is 5.25. The first kappa shape index (κ1) is 26.5. The maximum absolute atomic E-state index is 12.8. The molecule has 1 aromatic carbocycles. The van der Waals surface area contributed by atoms with Crippen molar-refractivity contribution in [3.05, 3.63) is 58.2 Å². The van der Waals surface area contributed by atoms with Crippen LogP contribution in [0.25, 0.3) is 10.9 Å². The number of esters is 1. The molecule has 0 bridgehead atoms. The number of halogens is 2. The van der Waals surface area contributed by atoms with Crippen molar-refractivity contribution < 1.29 is 24.5 Å². The van der Waals surface area contributed by atoms with Crippen molar-refractivity contribution in [1.29, 1.82) is 0 Å². The molecule has 6 atom stereocenters. The Labute approximate surface area is 227 Å². The topological polar surface area (TPSA) is 88.9 Å². The Morgan fingerprint density at radius 1 is 1.30 bits per heavy atom. The van der Waals surface area contributed by atoms with Crippen molar-refractivity contribution in [3.63, 3.8) is 0 Å². The van der Waals surface area contributed by atoms with Crippen LogP contribution in [0.4, 0.5) is 0 Å². The van der Waals surface area contributed by atoms with Gasteiger partial charge in [0, 0.05) is 17.0 Å². The molecule has 3 fully saturated rings. The number of aromatic nitrogens is 1. The van der Waals surface area contributed by atoms with E-state index < -0.39 is 23.6 Å². The summed E-state index contributed by atoms with van der Waals surface area (Å²) < 4.78 is 11.6. The van der Waals surface area contributed by atoms with Crippen LogP contribution in [-0.4, -0.2) is 46.6 Å². The van der Waals surface area contributed by atoms with E-state index in [9.17, 15) is 15.0 Å².